The zero-order valence-electron chi connectivity index (χ0n) is 17.8. The Hall–Kier alpha value is -3.81. The van der Waals surface area contributed by atoms with Crippen molar-refractivity contribution >= 4 is 22.5 Å². The summed E-state index contributed by atoms with van der Waals surface area (Å²) in [6, 6.07) is 11.6. The molecule has 162 valence electrons. The van der Waals surface area contributed by atoms with E-state index in [2.05, 4.69) is 15.5 Å². The Morgan fingerprint density at radius 1 is 1.19 bits per heavy atom. The highest BCUT2D eigenvalue weighted by molar-refractivity contribution is 5.90. The normalized spacial score (nSPS) is 13.5. The molecule has 0 aliphatic heterocycles. The SMILES string of the molecule is Cc1ccc(-n2ncc3c(C4CC4)nn(CC(=O)Nc4cccc(F)c4)c(=O)c32)c(C)c1. The first kappa shape index (κ1) is 20.1. The Labute approximate surface area is 183 Å². The lowest BCUT2D eigenvalue weighted by molar-refractivity contribution is -0.117. The number of fused-ring (bicyclic) bond motifs is 1. The van der Waals surface area contributed by atoms with Gasteiger partial charge in [-0.05, 0) is 56.5 Å². The molecule has 1 aliphatic carbocycles. The molecule has 0 bridgehead atoms. The summed E-state index contributed by atoms with van der Waals surface area (Å²) in [5.41, 5.74) is 4.06. The number of rotatable bonds is 5. The number of amides is 1. The monoisotopic (exact) mass is 431 g/mol. The van der Waals surface area contributed by atoms with Gasteiger partial charge in [-0.3, -0.25) is 9.59 Å². The number of hydrogen-bond acceptors (Lipinski definition) is 4. The molecule has 32 heavy (non-hydrogen) atoms. The first-order valence-corrected chi connectivity index (χ1v) is 10.5. The summed E-state index contributed by atoms with van der Waals surface area (Å²) in [6.07, 6.45) is 3.67. The van der Waals surface area contributed by atoms with Crippen LogP contribution in [-0.2, 0) is 11.3 Å². The molecule has 1 amide bonds. The van der Waals surface area contributed by atoms with Crippen LogP contribution in [0.1, 0.15) is 35.6 Å². The van der Waals surface area contributed by atoms with Crippen molar-refractivity contribution in [1.29, 1.82) is 0 Å². The summed E-state index contributed by atoms with van der Waals surface area (Å²) >= 11 is 0. The Morgan fingerprint density at radius 3 is 2.72 bits per heavy atom. The van der Waals surface area contributed by atoms with Crippen molar-refractivity contribution in [3.63, 3.8) is 0 Å². The van der Waals surface area contributed by atoms with Crippen molar-refractivity contribution in [2.24, 2.45) is 0 Å². The predicted octanol–water partition coefficient (Wildman–Crippen LogP) is 3.85. The molecule has 7 nitrogen and oxygen atoms in total. The van der Waals surface area contributed by atoms with E-state index in [1.165, 1.54) is 22.9 Å². The van der Waals surface area contributed by atoms with Gasteiger partial charge in [-0.2, -0.15) is 10.2 Å². The molecule has 2 heterocycles. The molecular weight excluding hydrogens is 409 g/mol. The largest absolute Gasteiger partial charge is 0.324 e. The standard InChI is InChI=1S/C24H22FN5O2/c1-14-6-9-20(15(2)10-14)30-23-19(12-26-30)22(16-7-8-16)28-29(24(23)32)13-21(31)27-18-5-3-4-17(25)11-18/h3-6,9-12,16H,7-8,13H2,1-2H3,(H,27,31). The van der Waals surface area contributed by atoms with Gasteiger partial charge in [-0.1, -0.05) is 23.8 Å². The summed E-state index contributed by atoms with van der Waals surface area (Å²) in [5, 5.41) is 12.4. The van der Waals surface area contributed by atoms with E-state index in [4.69, 9.17) is 0 Å². The molecule has 0 atom stereocenters. The van der Waals surface area contributed by atoms with Gasteiger partial charge in [-0.25, -0.2) is 13.8 Å². The lowest BCUT2D eigenvalue weighted by atomic mass is 10.1. The smallest absolute Gasteiger partial charge is 0.293 e. The van der Waals surface area contributed by atoms with Crippen LogP contribution in [0, 0.1) is 19.7 Å². The summed E-state index contributed by atoms with van der Waals surface area (Å²) in [6.45, 7) is 3.71. The van der Waals surface area contributed by atoms with Crippen molar-refractivity contribution in [2.45, 2.75) is 39.2 Å². The van der Waals surface area contributed by atoms with Crippen LogP contribution < -0.4 is 10.9 Å². The van der Waals surface area contributed by atoms with Crippen molar-refractivity contribution in [3.05, 3.63) is 81.7 Å². The molecule has 8 heteroatoms. The van der Waals surface area contributed by atoms with Gasteiger partial charge in [0.1, 0.15) is 17.9 Å². The second-order valence-electron chi connectivity index (χ2n) is 8.29. The number of halogens is 1. The predicted molar refractivity (Wildman–Crippen MR) is 120 cm³/mol. The third-order valence-corrected chi connectivity index (χ3v) is 5.66. The van der Waals surface area contributed by atoms with Crippen LogP contribution in [0.15, 0.2) is 53.5 Å². The van der Waals surface area contributed by atoms with E-state index in [9.17, 15) is 14.0 Å². The molecule has 0 spiro atoms. The van der Waals surface area contributed by atoms with E-state index < -0.39 is 17.3 Å². The Morgan fingerprint density at radius 2 is 2.00 bits per heavy atom. The number of anilines is 1. The first-order valence-electron chi connectivity index (χ1n) is 10.5. The Bertz CT molecular complexity index is 1420. The van der Waals surface area contributed by atoms with Crippen LogP contribution in [0.4, 0.5) is 10.1 Å². The fourth-order valence-electron chi connectivity index (χ4n) is 3.99. The second kappa shape index (κ2) is 7.71. The molecule has 2 aromatic carbocycles. The number of benzene rings is 2. The molecule has 0 saturated heterocycles. The molecule has 1 fully saturated rings. The van der Waals surface area contributed by atoms with Gasteiger partial charge in [0.05, 0.1) is 17.6 Å². The van der Waals surface area contributed by atoms with Gasteiger partial charge in [0.15, 0.2) is 0 Å². The van der Waals surface area contributed by atoms with Gasteiger partial charge in [0.2, 0.25) is 5.91 Å². The number of nitrogens with one attached hydrogen (secondary N) is 1. The average Bonchev–Trinajstić information content (AvgIpc) is 3.49. The van der Waals surface area contributed by atoms with Crippen LogP contribution in [0.2, 0.25) is 0 Å². The van der Waals surface area contributed by atoms with E-state index in [0.29, 0.717) is 11.2 Å². The lowest BCUT2D eigenvalue weighted by Crippen LogP contribution is -2.31. The maximum absolute atomic E-state index is 13.4. The van der Waals surface area contributed by atoms with E-state index in [0.717, 1.165) is 40.7 Å². The van der Waals surface area contributed by atoms with Crippen LogP contribution >= 0.6 is 0 Å². The molecule has 1 N–H and O–H groups in total. The number of carbonyl (C=O) groups is 1. The van der Waals surface area contributed by atoms with Crippen LogP contribution in [-0.4, -0.2) is 25.5 Å². The summed E-state index contributed by atoms with van der Waals surface area (Å²) in [4.78, 5) is 26.0. The molecule has 4 aromatic rings. The summed E-state index contributed by atoms with van der Waals surface area (Å²) in [5.74, 6) is -0.649. The molecule has 0 radical (unpaired) electrons. The highest BCUT2D eigenvalue weighted by atomic mass is 19.1. The minimum atomic E-state index is -0.455. The summed E-state index contributed by atoms with van der Waals surface area (Å²) < 4.78 is 16.3. The van der Waals surface area contributed by atoms with Crippen LogP contribution in [0.3, 0.4) is 0 Å². The Balaban J connectivity index is 1.58. The van der Waals surface area contributed by atoms with Crippen molar-refractivity contribution in [1.82, 2.24) is 19.6 Å². The minimum Gasteiger partial charge on any atom is -0.324 e. The van der Waals surface area contributed by atoms with Crippen molar-refractivity contribution < 1.29 is 9.18 Å². The maximum atomic E-state index is 13.4. The van der Waals surface area contributed by atoms with Gasteiger partial charge >= 0.3 is 0 Å². The molecule has 1 saturated carbocycles. The van der Waals surface area contributed by atoms with Crippen molar-refractivity contribution in [3.8, 4) is 5.69 Å². The number of aromatic nitrogens is 4. The highest BCUT2D eigenvalue weighted by Crippen LogP contribution is 2.41. The fourth-order valence-corrected chi connectivity index (χ4v) is 3.99. The van der Waals surface area contributed by atoms with Crippen LogP contribution in [0.25, 0.3) is 16.6 Å². The topological polar surface area (TPSA) is 81.8 Å². The highest BCUT2D eigenvalue weighted by Gasteiger charge is 2.30. The lowest BCUT2D eigenvalue weighted by Gasteiger charge is -2.12. The van der Waals surface area contributed by atoms with Crippen LogP contribution in [0.5, 0.6) is 0 Å². The van der Waals surface area contributed by atoms with E-state index in [1.807, 2.05) is 32.0 Å². The first-order chi connectivity index (χ1) is 15.4. The molecule has 5 rings (SSSR count). The number of nitrogens with zero attached hydrogens (tertiary/aromatic N) is 4. The quantitative estimate of drug-likeness (QED) is 0.520. The maximum Gasteiger partial charge on any atom is 0.293 e. The van der Waals surface area contributed by atoms with Gasteiger partial charge in [0.25, 0.3) is 5.56 Å². The average molecular weight is 431 g/mol. The van der Waals surface area contributed by atoms with E-state index >= 15 is 0 Å². The zero-order chi connectivity index (χ0) is 22.4. The number of hydrogen-bond donors (Lipinski definition) is 1. The third-order valence-electron chi connectivity index (χ3n) is 5.66. The fraction of sp³-hybridized carbons (Fsp3) is 0.250. The van der Waals surface area contributed by atoms with E-state index in [1.54, 1.807) is 16.9 Å². The molecule has 2 aromatic heterocycles. The Kier molecular flexibility index (Phi) is 4.84. The molecular formula is C24H22FN5O2. The zero-order valence-corrected chi connectivity index (χ0v) is 17.8. The summed E-state index contributed by atoms with van der Waals surface area (Å²) in [7, 11) is 0. The van der Waals surface area contributed by atoms with Crippen molar-refractivity contribution in [2.75, 3.05) is 5.32 Å². The van der Waals surface area contributed by atoms with E-state index in [-0.39, 0.29) is 12.5 Å². The van der Waals surface area contributed by atoms with Gasteiger partial charge in [-0.15, -0.1) is 0 Å². The second-order valence-corrected chi connectivity index (χ2v) is 8.29. The third kappa shape index (κ3) is 3.68. The minimum absolute atomic E-state index is 0.257. The number of carbonyl (C=O) groups excluding carboxylic acids is 1. The van der Waals surface area contributed by atoms with Gasteiger partial charge in [0, 0.05) is 17.0 Å². The van der Waals surface area contributed by atoms with Gasteiger partial charge < -0.3 is 5.32 Å². The number of aryl methyl sites for hydroxylation is 2. The molecule has 0 unspecified atom stereocenters. The molecule has 1 aliphatic rings.